The van der Waals surface area contributed by atoms with Gasteiger partial charge in [0.05, 0.1) is 12.6 Å². The van der Waals surface area contributed by atoms with Crippen LogP contribution in [0.4, 0.5) is 0 Å². The summed E-state index contributed by atoms with van der Waals surface area (Å²) in [5.74, 6) is 1.23. The molecule has 1 aromatic carbocycles. The summed E-state index contributed by atoms with van der Waals surface area (Å²) in [7, 11) is 0. The fourth-order valence-electron chi connectivity index (χ4n) is 2.27. The molecule has 2 heterocycles. The maximum atomic E-state index is 6.22. The van der Waals surface area contributed by atoms with E-state index in [9.17, 15) is 0 Å². The highest BCUT2D eigenvalue weighted by molar-refractivity contribution is 9.10. The predicted molar refractivity (Wildman–Crippen MR) is 69.8 cm³/mol. The van der Waals surface area contributed by atoms with Crippen molar-refractivity contribution in [2.75, 3.05) is 13.2 Å². The topological polar surface area (TPSA) is 48.4 Å². The number of furan rings is 1. The van der Waals surface area contributed by atoms with E-state index in [4.69, 9.17) is 14.9 Å². The van der Waals surface area contributed by atoms with Crippen LogP contribution in [0, 0.1) is 5.92 Å². The number of halogens is 1. The summed E-state index contributed by atoms with van der Waals surface area (Å²) in [6, 6.07) is 7.94. The van der Waals surface area contributed by atoms with Gasteiger partial charge in [-0.25, -0.2) is 0 Å². The average Bonchev–Trinajstić information content (AvgIpc) is 2.96. The highest BCUT2D eigenvalue weighted by atomic mass is 79.9. The van der Waals surface area contributed by atoms with E-state index < -0.39 is 0 Å². The quantitative estimate of drug-likeness (QED) is 0.925. The second-order valence-electron chi connectivity index (χ2n) is 4.48. The molecule has 3 nitrogen and oxygen atoms in total. The van der Waals surface area contributed by atoms with Crippen LogP contribution < -0.4 is 5.73 Å². The molecule has 4 heteroatoms. The Morgan fingerprint density at radius 1 is 1.35 bits per heavy atom. The van der Waals surface area contributed by atoms with Crippen molar-refractivity contribution in [2.45, 2.75) is 12.5 Å². The van der Waals surface area contributed by atoms with Crippen molar-refractivity contribution in [3.63, 3.8) is 0 Å². The van der Waals surface area contributed by atoms with Gasteiger partial charge in [0.1, 0.15) is 11.3 Å². The highest BCUT2D eigenvalue weighted by Crippen LogP contribution is 2.31. The van der Waals surface area contributed by atoms with Crippen LogP contribution >= 0.6 is 15.9 Å². The maximum Gasteiger partial charge on any atom is 0.134 e. The summed E-state index contributed by atoms with van der Waals surface area (Å²) < 4.78 is 12.2. The minimum Gasteiger partial charge on any atom is -0.459 e. The third-order valence-corrected chi connectivity index (χ3v) is 3.79. The summed E-state index contributed by atoms with van der Waals surface area (Å²) >= 11 is 3.45. The van der Waals surface area contributed by atoms with Crippen molar-refractivity contribution >= 4 is 26.9 Å². The fraction of sp³-hybridized carbons (Fsp3) is 0.385. The van der Waals surface area contributed by atoms with Crippen molar-refractivity contribution in [3.8, 4) is 0 Å². The SMILES string of the molecule is NC(c1cc2cc(Br)ccc2o1)C1CCOC1. The Hall–Kier alpha value is -0.840. The zero-order valence-electron chi connectivity index (χ0n) is 9.36. The molecule has 90 valence electrons. The lowest BCUT2D eigenvalue weighted by Gasteiger charge is -2.14. The van der Waals surface area contributed by atoms with E-state index in [0.29, 0.717) is 5.92 Å². The van der Waals surface area contributed by atoms with Crippen LogP contribution in [0.5, 0.6) is 0 Å². The fourth-order valence-corrected chi connectivity index (χ4v) is 2.65. The number of hydrogen-bond donors (Lipinski definition) is 1. The Morgan fingerprint density at radius 2 is 2.24 bits per heavy atom. The zero-order chi connectivity index (χ0) is 11.8. The van der Waals surface area contributed by atoms with Crippen LogP contribution in [0.2, 0.25) is 0 Å². The molecule has 2 aromatic rings. The van der Waals surface area contributed by atoms with Crippen LogP contribution in [0.15, 0.2) is 33.2 Å². The molecule has 1 saturated heterocycles. The molecule has 3 rings (SSSR count). The van der Waals surface area contributed by atoms with Crippen LogP contribution in [0.3, 0.4) is 0 Å². The molecule has 0 saturated carbocycles. The van der Waals surface area contributed by atoms with Gasteiger partial charge >= 0.3 is 0 Å². The van der Waals surface area contributed by atoms with E-state index in [1.54, 1.807) is 0 Å². The van der Waals surface area contributed by atoms with Gasteiger partial charge in [-0.05, 0) is 30.7 Å². The molecular weight excluding hydrogens is 282 g/mol. The van der Waals surface area contributed by atoms with Crippen molar-refractivity contribution in [2.24, 2.45) is 11.7 Å². The summed E-state index contributed by atoms with van der Waals surface area (Å²) in [5.41, 5.74) is 7.10. The zero-order valence-corrected chi connectivity index (χ0v) is 10.9. The van der Waals surface area contributed by atoms with Gasteiger partial charge in [0.25, 0.3) is 0 Å². The van der Waals surface area contributed by atoms with Gasteiger partial charge in [-0.1, -0.05) is 15.9 Å². The summed E-state index contributed by atoms with van der Waals surface area (Å²) in [4.78, 5) is 0. The summed E-state index contributed by atoms with van der Waals surface area (Å²) in [6.07, 6.45) is 1.02. The predicted octanol–water partition coefficient (Wildman–Crippen LogP) is 3.23. The molecule has 0 aliphatic carbocycles. The number of hydrogen-bond acceptors (Lipinski definition) is 3. The summed E-state index contributed by atoms with van der Waals surface area (Å²) in [5, 5.41) is 1.09. The first-order valence-corrected chi connectivity index (χ1v) is 6.55. The lowest BCUT2D eigenvalue weighted by atomic mass is 9.98. The highest BCUT2D eigenvalue weighted by Gasteiger charge is 2.26. The average molecular weight is 296 g/mol. The second kappa shape index (κ2) is 4.44. The van der Waals surface area contributed by atoms with Crippen LogP contribution in [-0.2, 0) is 4.74 Å². The molecule has 1 fully saturated rings. The third kappa shape index (κ3) is 2.12. The van der Waals surface area contributed by atoms with Crippen molar-refractivity contribution in [1.82, 2.24) is 0 Å². The van der Waals surface area contributed by atoms with E-state index in [0.717, 1.165) is 40.8 Å². The van der Waals surface area contributed by atoms with Gasteiger partial charge in [0.2, 0.25) is 0 Å². The van der Waals surface area contributed by atoms with Gasteiger partial charge in [-0.3, -0.25) is 0 Å². The van der Waals surface area contributed by atoms with E-state index in [1.807, 2.05) is 24.3 Å². The lowest BCUT2D eigenvalue weighted by Crippen LogP contribution is -2.20. The van der Waals surface area contributed by atoms with Crippen LogP contribution in [0.25, 0.3) is 11.0 Å². The molecule has 0 amide bonds. The van der Waals surface area contributed by atoms with Gasteiger partial charge in [-0.2, -0.15) is 0 Å². The first kappa shape index (κ1) is 11.3. The van der Waals surface area contributed by atoms with E-state index in [1.165, 1.54) is 0 Å². The molecule has 1 aliphatic heterocycles. The van der Waals surface area contributed by atoms with Crippen molar-refractivity contribution < 1.29 is 9.15 Å². The molecule has 17 heavy (non-hydrogen) atoms. The minimum atomic E-state index is -0.0660. The van der Waals surface area contributed by atoms with Crippen LogP contribution in [0.1, 0.15) is 18.2 Å². The van der Waals surface area contributed by atoms with Crippen LogP contribution in [-0.4, -0.2) is 13.2 Å². The molecule has 1 aliphatic rings. The monoisotopic (exact) mass is 295 g/mol. The second-order valence-corrected chi connectivity index (χ2v) is 5.40. The Balaban J connectivity index is 1.94. The van der Waals surface area contributed by atoms with Gasteiger partial charge < -0.3 is 14.9 Å². The van der Waals surface area contributed by atoms with E-state index in [2.05, 4.69) is 15.9 Å². The number of rotatable bonds is 2. The van der Waals surface area contributed by atoms with Crippen molar-refractivity contribution in [1.29, 1.82) is 0 Å². The summed E-state index contributed by atoms with van der Waals surface area (Å²) in [6.45, 7) is 1.55. The molecule has 0 spiro atoms. The molecule has 0 radical (unpaired) electrons. The standard InChI is InChI=1S/C13H14BrNO2/c14-10-1-2-11-9(5-10)6-12(17-11)13(15)8-3-4-16-7-8/h1-2,5-6,8,13H,3-4,7,15H2. The first-order chi connectivity index (χ1) is 8.24. The van der Waals surface area contributed by atoms with E-state index in [-0.39, 0.29) is 6.04 Å². The third-order valence-electron chi connectivity index (χ3n) is 3.30. The minimum absolute atomic E-state index is 0.0660. The number of nitrogens with two attached hydrogens (primary N) is 1. The largest absolute Gasteiger partial charge is 0.459 e. The number of benzene rings is 1. The molecule has 2 unspecified atom stereocenters. The molecule has 2 atom stereocenters. The molecular formula is C13H14BrNO2. The molecule has 1 aromatic heterocycles. The first-order valence-electron chi connectivity index (χ1n) is 5.76. The van der Waals surface area contributed by atoms with Gasteiger partial charge in [0.15, 0.2) is 0 Å². The van der Waals surface area contributed by atoms with Gasteiger partial charge in [0, 0.05) is 22.4 Å². The Labute approximate surface area is 108 Å². The lowest BCUT2D eigenvalue weighted by molar-refractivity contribution is 0.178. The van der Waals surface area contributed by atoms with Gasteiger partial charge in [-0.15, -0.1) is 0 Å². The normalized spacial score (nSPS) is 22.1. The Kier molecular flexibility index (Phi) is 2.94. The van der Waals surface area contributed by atoms with Crippen molar-refractivity contribution in [3.05, 3.63) is 34.5 Å². The number of ether oxygens (including phenoxy) is 1. The molecule has 2 N–H and O–H groups in total. The molecule has 0 bridgehead atoms. The van der Waals surface area contributed by atoms with E-state index >= 15 is 0 Å². The number of fused-ring (bicyclic) bond motifs is 1. The smallest absolute Gasteiger partial charge is 0.134 e. The Morgan fingerprint density at radius 3 is 3.00 bits per heavy atom. The Bertz CT molecular complexity index is 531. The maximum absolute atomic E-state index is 6.22.